The van der Waals surface area contributed by atoms with Crippen LogP contribution in [-0.4, -0.2) is 29.6 Å². The highest BCUT2D eigenvalue weighted by Gasteiger charge is 2.17. The number of hydrogen-bond acceptors (Lipinski definition) is 3. The van der Waals surface area contributed by atoms with E-state index in [1.807, 2.05) is 13.8 Å². The average Bonchev–Trinajstić information content (AvgIpc) is 2.39. The highest BCUT2D eigenvalue weighted by Crippen LogP contribution is 2.19. The molecule has 104 valence electrons. The summed E-state index contributed by atoms with van der Waals surface area (Å²) in [5.74, 6) is -1.49. The van der Waals surface area contributed by atoms with Gasteiger partial charge in [0.15, 0.2) is 0 Å². The van der Waals surface area contributed by atoms with Crippen LogP contribution in [0.4, 0.5) is 5.69 Å². The molecule has 0 heterocycles. The van der Waals surface area contributed by atoms with E-state index in [0.29, 0.717) is 12.1 Å². The molecule has 1 atom stereocenters. The highest BCUT2D eigenvalue weighted by molar-refractivity contribution is 9.10. The molecule has 6 heteroatoms. The Labute approximate surface area is 120 Å². The molecule has 0 aliphatic heterocycles. The number of hydrogen-bond donors (Lipinski definition) is 3. The number of carbonyl (C=O) groups is 2. The van der Waals surface area contributed by atoms with Gasteiger partial charge in [-0.15, -0.1) is 0 Å². The van der Waals surface area contributed by atoms with Gasteiger partial charge in [-0.2, -0.15) is 0 Å². The monoisotopic (exact) mass is 328 g/mol. The van der Waals surface area contributed by atoms with Crippen molar-refractivity contribution in [1.29, 1.82) is 0 Å². The van der Waals surface area contributed by atoms with Crippen LogP contribution in [0.15, 0.2) is 22.7 Å². The van der Waals surface area contributed by atoms with Crippen molar-refractivity contribution in [3.05, 3.63) is 28.2 Å². The Kier molecular flexibility index (Phi) is 5.98. The Morgan fingerprint density at radius 3 is 2.58 bits per heavy atom. The molecule has 0 radical (unpaired) electrons. The normalized spacial score (nSPS) is 11.8. The first kappa shape index (κ1) is 15.7. The maximum absolute atomic E-state index is 11.7. The number of amides is 2. The van der Waals surface area contributed by atoms with E-state index in [4.69, 9.17) is 5.11 Å². The van der Waals surface area contributed by atoms with Crippen molar-refractivity contribution >= 4 is 33.4 Å². The fourth-order valence-corrected chi connectivity index (χ4v) is 1.68. The van der Waals surface area contributed by atoms with Crippen LogP contribution < -0.4 is 10.6 Å². The summed E-state index contributed by atoms with van der Waals surface area (Å²) in [6, 6.07) is 4.86. The van der Waals surface area contributed by atoms with Crippen LogP contribution in [-0.2, 0) is 9.59 Å². The van der Waals surface area contributed by atoms with Gasteiger partial charge in [-0.25, -0.2) is 0 Å². The van der Waals surface area contributed by atoms with E-state index in [0.717, 1.165) is 10.0 Å². The Hall–Kier alpha value is -1.40. The lowest BCUT2D eigenvalue weighted by Crippen LogP contribution is -2.43. The standard InChI is InChI=1S/C13H17BrN2O3/c1-3-9(7-17)15-12(18)13(19)16-10-4-5-11(14)8(2)6-10/h4-6,9,17H,3,7H2,1-2H3,(H,15,18)(H,16,19). The minimum atomic E-state index is -0.749. The van der Waals surface area contributed by atoms with Gasteiger partial charge in [0.25, 0.3) is 0 Å². The van der Waals surface area contributed by atoms with Crippen molar-refractivity contribution < 1.29 is 14.7 Å². The minimum Gasteiger partial charge on any atom is -0.394 e. The zero-order valence-electron chi connectivity index (χ0n) is 10.9. The van der Waals surface area contributed by atoms with Crippen molar-refractivity contribution in [2.24, 2.45) is 0 Å². The molecule has 1 unspecified atom stereocenters. The van der Waals surface area contributed by atoms with Gasteiger partial charge in [0.1, 0.15) is 0 Å². The average molecular weight is 329 g/mol. The van der Waals surface area contributed by atoms with E-state index in [-0.39, 0.29) is 6.61 Å². The second-order valence-electron chi connectivity index (χ2n) is 4.18. The first-order chi connectivity index (χ1) is 8.97. The largest absolute Gasteiger partial charge is 0.394 e. The molecule has 1 aromatic rings. The van der Waals surface area contributed by atoms with Gasteiger partial charge in [0.05, 0.1) is 12.6 Å². The van der Waals surface area contributed by atoms with Gasteiger partial charge in [0.2, 0.25) is 0 Å². The molecule has 0 saturated carbocycles. The van der Waals surface area contributed by atoms with Crippen molar-refractivity contribution in [1.82, 2.24) is 5.32 Å². The van der Waals surface area contributed by atoms with Gasteiger partial charge >= 0.3 is 11.8 Å². The lowest BCUT2D eigenvalue weighted by Gasteiger charge is -2.13. The predicted octanol–water partition coefficient (Wildman–Crippen LogP) is 1.58. The second kappa shape index (κ2) is 7.25. The van der Waals surface area contributed by atoms with E-state index < -0.39 is 17.9 Å². The fourth-order valence-electron chi connectivity index (χ4n) is 1.44. The lowest BCUT2D eigenvalue weighted by atomic mass is 10.2. The molecule has 1 aromatic carbocycles. The highest BCUT2D eigenvalue weighted by atomic mass is 79.9. The maximum atomic E-state index is 11.7. The summed E-state index contributed by atoms with van der Waals surface area (Å²) in [6.07, 6.45) is 0.562. The number of benzene rings is 1. The number of nitrogens with one attached hydrogen (secondary N) is 2. The molecule has 0 aliphatic carbocycles. The third-order valence-corrected chi connectivity index (χ3v) is 3.56. The van der Waals surface area contributed by atoms with Gasteiger partial charge < -0.3 is 15.7 Å². The number of aryl methyl sites for hydroxylation is 1. The number of halogens is 1. The van der Waals surface area contributed by atoms with Crippen LogP contribution in [0.1, 0.15) is 18.9 Å². The van der Waals surface area contributed by atoms with Crippen LogP contribution in [0.25, 0.3) is 0 Å². The Balaban J connectivity index is 2.63. The zero-order valence-corrected chi connectivity index (χ0v) is 12.5. The number of aliphatic hydroxyl groups excluding tert-OH is 1. The summed E-state index contributed by atoms with van der Waals surface area (Å²) in [6.45, 7) is 3.52. The molecule has 1 rings (SSSR count). The smallest absolute Gasteiger partial charge is 0.313 e. The first-order valence-electron chi connectivity index (χ1n) is 5.96. The van der Waals surface area contributed by atoms with Crippen molar-refractivity contribution in [2.45, 2.75) is 26.3 Å². The summed E-state index contributed by atoms with van der Waals surface area (Å²) >= 11 is 3.36. The molecule has 3 N–H and O–H groups in total. The van der Waals surface area contributed by atoms with Crippen LogP contribution >= 0.6 is 15.9 Å². The molecular weight excluding hydrogens is 312 g/mol. The summed E-state index contributed by atoms with van der Waals surface area (Å²) < 4.78 is 0.932. The molecule has 19 heavy (non-hydrogen) atoms. The molecule has 0 bridgehead atoms. The SMILES string of the molecule is CCC(CO)NC(=O)C(=O)Nc1ccc(Br)c(C)c1. The number of aliphatic hydroxyl groups is 1. The Bertz CT molecular complexity index is 473. The fraction of sp³-hybridized carbons (Fsp3) is 0.385. The zero-order chi connectivity index (χ0) is 14.4. The summed E-state index contributed by atoms with van der Waals surface area (Å²) in [5.41, 5.74) is 1.51. The van der Waals surface area contributed by atoms with E-state index in [1.54, 1.807) is 18.2 Å². The van der Waals surface area contributed by atoms with Crippen LogP contribution in [0, 0.1) is 6.92 Å². The van der Waals surface area contributed by atoms with Crippen molar-refractivity contribution in [2.75, 3.05) is 11.9 Å². The Morgan fingerprint density at radius 1 is 1.37 bits per heavy atom. The second-order valence-corrected chi connectivity index (χ2v) is 5.03. The molecule has 0 fully saturated rings. The van der Waals surface area contributed by atoms with Gasteiger partial charge in [-0.05, 0) is 37.1 Å². The third-order valence-electron chi connectivity index (χ3n) is 2.67. The number of anilines is 1. The van der Waals surface area contributed by atoms with E-state index >= 15 is 0 Å². The molecule has 0 aromatic heterocycles. The Morgan fingerprint density at radius 2 is 2.05 bits per heavy atom. The van der Waals surface area contributed by atoms with E-state index in [2.05, 4.69) is 26.6 Å². The molecular formula is C13H17BrN2O3. The predicted molar refractivity (Wildman–Crippen MR) is 76.8 cm³/mol. The maximum Gasteiger partial charge on any atom is 0.313 e. The van der Waals surface area contributed by atoms with Crippen LogP contribution in [0.3, 0.4) is 0 Å². The first-order valence-corrected chi connectivity index (χ1v) is 6.76. The van der Waals surface area contributed by atoms with E-state index in [1.165, 1.54) is 0 Å². The van der Waals surface area contributed by atoms with Gasteiger partial charge in [-0.3, -0.25) is 9.59 Å². The number of carbonyl (C=O) groups excluding carboxylic acids is 2. The van der Waals surface area contributed by atoms with Crippen molar-refractivity contribution in [3.63, 3.8) is 0 Å². The molecule has 5 nitrogen and oxygen atoms in total. The van der Waals surface area contributed by atoms with Gasteiger partial charge in [-0.1, -0.05) is 22.9 Å². The van der Waals surface area contributed by atoms with Crippen LogP contribution in [0.2, 0.25) is 0 Å². The molecule has 0 spiro atoms. The minimum absolute atomic E-state index is 0.188. The summed E-state index contributed by atoms with van der Waals surface area (Å²) in [7, 11) is 0. The summed E-state index contributed by atoms with van der Waals surface area (Å²) in [4.78, 5) is 23.2. The third kappa shape index (κ3) is 4.65. The lowest BCUT2D eigenvalue weighted by molar-refractivity contribution is -0.136. The summed E-state index contributed by atoms with van der Waals surface area (Å²) in [5, 5.41) is 13.9. The molecule has 2 amide bonds. The molecule has 0 saturated heterocycles. The van der Waals surface area contributed by atoms with Gasteiger partial charge in [0, 0.05) is 10.2 Å². The van der Waals surface area contributed by atoms with Crippen LogP contribution in [0.5, 0.6) is 0 Å². The van der Waals surface area contributed by atoms with Crippen molar-refractivity contribution in [3.8, 4) is 0 Å². The quantitative estimate of drug-likeness (QED) is 0.734. The number of rotatable bonds is 4. The van der Waals surface area contributed by atoms with E-state index in [9.17, 15) is 9.59 Å². The topological polar surface area (TPSA) is 78.4 Å². The molecule has 0 aliphatic rings.